The molecule has 0 spiro atoms. The van der Waals surface area contributed by atoms with Gasteiger partial charge < -0.3 is 14.9 Å². The van der Waals surface area contributed by atoms with Gasteiger partial charge in [-0.3, -0.25) is 0 Å². The Kier molecular flexibility index (Phi) is 16.5. The summed E-state index contributed by atoms with van der Waals surface area (Å²) in [5.74, 6) is 21.9. The number of hydrogen-bond donors (Lipinski definition) is 0. The minimum Gasteiger partial charge on any atom is -0.358 e. The van der Waals surface area contributed by atoms with Gasteiger partial charge in [-0.2, -0.15) is 0 Å². The molecular weight excluding hydrogens is 736 g/mol. The van der Waals surface area contributed by atoms with E-state index in [9.17, 15) is 0 Å². The standard InChI is InChI=1S/3C12H18.4C2H6.2CH3.W/c3*1-2-8-5-7(1)11-9-3-4-10(6-9)12(8)11;4*1-2;;;/h3*7-12H,1-6H2;4*1-2H3;2*1H3;/q;;;;;;;2*-1;+2. The molecule has 0 radical (unpaired) electrons. The SMILES string of the molecule is C1CC2CC1C1C3CCC(C3)C21.C1CC2CC1C1C3CCC(C3)C21.C1CC2CC1C1C3CCC(C3)C21.CC.CC.CC.CC.[CH3-].[CH3-].[W+2]. The summed E-state index contributed by atoms with van der Waals surface area (Å²) in [5.41, 5.74) is 0. The summed E-state index contributed by atoms with van der Waals surface area (Å²) in [4.78, 5) is 0. The molecule has 12 fully saturated rings. The Morgan fingerprint density at radius 2 is 0.298 bits per heavy atom. The molecule has 0 aromatic carbocycles. The summed E-state index contributed by atoms with van der Waals surface area (Å²) < 4.78 is 0. The predicted octanol–water partition coefficient (Wildman–Crippen LogP) is 14.2. The average molecular weight is 821 g/mol. The van der Waals surface area contributed by atoms with Crippen molar-refractivity contribution in [2.24, 2.45) is 107 Å². The Bertz CT molecular complexity index is 649. The van der Waals surface area contributed by atoms with Gasteiger partial charge in [0.1, 0.15) is 0 Å². The van der Waals surface area contributed by atoms with Crippen LogP contribution in [0.1, 0.15) is 171 Å². The third kappa shape index (κ3) is 7.09. The third-order valence-corrected chi connectivity index (χ3v) is 16.9. The van der Waals surface area contributed by atoms with Gasteiger partial charge in [-0.15, -0.1) is 0 Å². The largest absolute Gasteiger partial charge is 2.00 e. The molecule has 0 amide bonds. The van der Waals surface area contributed by atoms with Crippen LogP contribution in [-0.2, 0) is 21.1 Å². The van der Waals surface area contributed by atoms with Crippen LogP contribution in [0.15, 0.2) is 0 Å². The zero-order valence-electron chi connectivity index (χ0n) is 33.5. The van der Waals surface area contributed by atoms with Crippen LogP contribution in [-0.4, -0.2) is 0 Å². The first-order valence-corrected chi connectivity index (χ1v) is 21.8. The molecule has 0 nitrogen and oxygen atoms in total. The zero-order valence-corrected chi connectivity index (χ0v) is 36.5. The summed E-state index contributed by atoms with van der Waals surface area (Å²) >= 11 is 0. The molecule has 12 rings (SSSR count). The molecule has 1 heteroatoms. The Morgan fingerprint density at radius 3 is 0.383 bits per heavy atom. The first-order valence-electron chi connectivity index (χ1n) is 21.8. The topological polar surface area (TPSA) is 0 Å². The maximum atomic E-state index is 2.00. The van der Waals surface area contributed by atoms with Gasteiger partial charge in [-0.1, -0.05) is 55.4 Å². The molecule has 0 N–H and O–H groups in total. The molecule has 0 saturated heterocycles. The molecular formula is C46H84W. The van der Waals surface area contributed by atoms with Crippen LogP contribution < -0.4 is 0 Å². The van der Waals surface area contributed by atoms with Crippen molar-refractivity contribution in [3.8, 4) is 0 Å². The van der Waals surface area contributed by atoms with E-state index >= 15 is 0 Å². The molecule has 0 aliphatic heterocycles. The molecule has 12 bridgehead atoms. The van der Waals surface area contributed by atoms with Gasteiger partial charge in [0.15, 0.2) is 0 Å². The van der Waals surface area contributed by atoms with E-state index in [1.54, 1.807) is 116 Å². The quantitative estimate of drug-likeness (QED) is 0.169. The van der Waals surface area contributed by atoms with Crippen LogP contribution in [0.2, 0.25) is 0 Å². The second-order valence-corrected chi connectivity index (χ2v) is 17.5. The third-order valence-electron chi connectivity index (χ3n) is 16.9. The maximum absolute atomic E-state index is 2.00. The summed E-state index contributed by atoms with van der Waals surface area (Å²) in [6.45, 7) is 16.0. The predicted molar refractivity (Wildman–Crippen MR) is 204 cm³/mol. The van der Waals surface area contributed by atoms with Gasteiger partial charge in [-0.25, -0.2) is 0 Å². The summed E-state index contributed by atoms with van der Waals surface area (Å²) in [6.07, 6.45) is 29.1. The molecule has 12 unspecified atom stereocenters. The van der Waals surface area contributed by atoms with E-state index in [-0.39, 0.29) is 35.9 Å². The van der Waals surface area contributed by atoms with Crippen molar-refractivity contribution >= 4 is 0 Å². The number of rotatable bonds is 0. The molecule has 12 aliphatic rings. The zero-order chi connectivity index (χ0) is 31.1. The first-order chi connectivity index (χ1) is 21.8. The average Bonchev–Trinajstić information content (AvgIpc) is 3.97. The Hall–Kier alpha value is 0.688. The van der Waals surface area contributed by atoms with Crippen LogP contribution in [0, 0.1) is 121 Å². The van der Waals surface area contributed by atoms with Gasteiger partial charge >= 0.3 is 21.1 Å². The van der Waals surface area contributed by atoms with Crippen LogP contribution >= 0.6 is 0 Å². The fourth-order valence-corrected chi connectivity index (χ4v) is 16.6. The first kappa shape index (κ1) is 42.1. The van der Waals surface area contributed by atoms with Crippen molar-refractivity contribution in [1.29, 1.82) is 0 Å². The van der Waals surface area contributed by atoms with Crippen LogP contribution in [0.25, 0.3) is 0 Å². The molecule has 0 aromatic heterocycles. The van der Waals surface area contributed by atoms with Gasteiger partial charge in [-0.05, 0) is 222 Å². The summed E-state index contributed by atoms with van der Waals surface area (Å²) in [7, 11) is 0. The second kappa shape index (κ2) is 18.4. The monoisotopic (exact) mass is 821 g/mol. The summed E-state index contributed by atoms with van der Waals surface area (Å²) in [5, 5.41) is 0. The Morgan fingerprint density at radius 1 is 0.213 bits per heavy atom. The van der Waals surface area contributed by atoms with Crippen molar-refractivity contribution in [2.75, 3.05) is 0 Å². The van der Waals surface area contributed by atoms with Crippen molar-refractivity contribution in [2.45, 2.75) is 171 Å². The van der Waals surface area contributed by atoms with Crippen molar-refractivity contribution in [3.63, 3.8) is 0 Å². The van der Waals surface area contributed by atoms with E-state index in [4.69, 9.17) is 0 Å². The number of fused-ring (bicyclic) bond motifs is 27. The van der Waals surface area contributed by atoms with Gasteiger partial charge in [0.2, 0.25) is 0 Å². The summed E-state index contributed by atoms with van der Waals surface area (Å²) in [6, 6.07) is 0. The molecule has 47 heavy (non-hydrogen) atoms. The van der Waals surface area contributed by atoms with Crippen LogP contribution in [0.5, 0.6) is 0 Å². The fourth-order valence-electron chi connectivity index (χ4n) is 16.6. The maximum Gasteiger partial charge on any atom is 2.00 e. The smallest absolute Gasteiger partial charge is 0.358 e. The normalized spacial score (nSPS) is 51.1. The van der Waals surface area contributed by atoms with Gasteiger partial charge in [0, 0.05) is 0 Å². The number of hydrogen-bond acceptors (Lipinski definition) is 0. The van der Waals surface area contributed by atoms with Crippen molar-refractivity contribution < 1.29 is 21.1 Å². The van der Waals surface area contributed by atoms with Crippen molar-refractivity contribution in [1.82, 2.24) is 0 Å². The van der Waals surface area contributed by atoms with Crippen LogP contribution in [0.4, 0.5) is 0 Å². The molecule has 12 aliphatic carbocycles. The van der Waals surface area contributed by atoms with Crippen molar-refractivity contribution in [3.05, 3.63) is 14.9 Å². The Balaban J connectivity index is 0.000000168. The van der Waals surface area contributed by atoms with E-state index in [0.717, 1.165) is 0 Å². The van der Waals surface area contributed by atoms with Gasteiger partial charge in [0.25, 0.3) is 0 Å². The molecule has 12 atom stereocenters. The van der Waals surface area contributed by atoms with E-state index in [0.29, 0.717) is 0 Å². The Labute approximate surface area is 312 Å². The van der Waals surface area contributed by atoms with E-state index in [2.05, 4.69) is 0 Å². The van der Waals surface area contributed by atoms with Gasteiger partial charge in [0.05, 0.1) is 0 Å². The molecule has 12 saturated carbocycles. The van der Waals surface area contributed by atoms with Crippen LogP contribution in [0.3, 0.4) is 0 Å². The van der Waals surface area contributed by atoms with E-state index in [1.165, 1.54) is 107 Å². The van der Waals surface area contributed by atoms with E-state index < -0.39 is 0 Å². The minimum atomic E-state index is 0. The fraction of sp³-hybridized carbons (Fsp3) is 0.957. The molecule has 0 heterocycles. The molecule has 274 valence electrons. The molecule has 0 aromatic rings. The van der Waals surface area contributed by atoms with E-state index in [1.807, 2.05) is 55.4 Å². The minimum absolute atomic E-state index is 0. The second-order valence-electron chi connectivity index (χ2n) is 17.5.